The van der Waals surface area contributed by atoms with E-state index in [-0.39, 0.29) is 12.1 Å². The van der Waals surface area contributed by atoms with Crippen molar-refractivity contribution in [3.05, 3.63) is 70.2 Å². The Morgan fingerprint density at radius 2 is 1.60 bits per heavy atom. The average Bonchev–Trinajstić information content (AvgIpc) is 2.38. The molecule has 0 fully saturated rings. The zero-order valence-electron chi connectivity index (χ0n) is 11.3. The van der Waals surface area contributed by atoms with Gasteiger partial charge in [0.1, 0.15) is 11.6 Å². The van der Waals surface area contributed by atoms with Gasteiger partial charge in [0.05, 0.1) is 0 Å². The molecule has 2 aromatic rings. The molecule has 0 aliphatic carbocycles. The average molecular weight is 296 g/mol. The maximum absolute atomic E-state index is 13.7. The summed E-state index contributed by atoms with van der Waals surface area (Å²) in [6, 6.07) is 10.8. The van der Waals surface area contributed by atoms with Crippen LogP contribution in [-0.4, -0.2) is 0 Å². The largest absolute Gasteiger partial charge is 0.303 e. The van der Waals surface area contributed by atoms with Gasteiger partial charge in [0.2, 0.25) is 0 Å². The van der Waals surface area contributed by atoms with Crippen LogP contribution in [-0.2, 0) is 0 Å². The molecule has 0 saturated carbocycles. The molecule has 2 aromatic carbocycles. The molecule has 0 saturated heterocycles. The Balaban J connectivity index is 2.15. The molecule has 2 atom stereocenters. The Kier molecular flexibility index (Phi) is 4.73. The van der Waals surface area contributed by atoms with E-state index in [9.17, 15) is 8.78 Å². The summed E-state index contributed by atoms with van der Waals surface area (Å²) < 4.78 is 26.6. The summed E-state index contributed by atoms with van der Waals surface area (Å²) in [5.74, 6) is -1.12. The summed E-state index contributed by atoms with van der Waals surface area (Å²) in [4.78, 5) is 0. The second-order valence-corrected chi connectivity index (χ2v) is 5.20. The number of hydrogen-bond donors (Lipinski definition) is 1. The van der Waals surface area contributed by atoms with Gasteiger partial charge < -0.3 is 5.32 Å². The standard InChI is InChI=1S/C16H16ClF2N/c1-10(13-5-3-4-6-15(13)17)20-11(2)14-8-7-12(18)9-16(14)19/h3-11,20H,1-2H3/t10-,11?/m1/s1. The fourth-order valence-corrected chi connectivity index (χ4v) is 2.53. The highest BCUT2D eigenvalue weighted by Gasteiger charge is 2.16. The van der Waals surface area contributed by atoms with E-state index in [0.717, 1.165) is 11.6 Å². The van der Waals surface area contributed by atoms with E-state index >= 15 is 0 Å². The van der Waals surface area contributed by atoms with Crippen molar-refractivity contribution in [2.75, 3.05) is 0 Å². The van der Waals surface area contributed by atoms with Crippen LogP contribution >= 0.6 is 11.6 Å². The third-order valence-corrected chi connectivity index (χ3v) is 3.64. The lowest BCUT2D eigenvalue weighted by molar-refractivity contribution is 0.470. The van der Waals surface area contributed by atoms with Crippen LogP contribution in [0.2, 0.25) is 5.02 Å². The summed E-state index contributed by atoms with van der Waals surface area (Å²) >= 11 is 6.14. The number of rotatable bonds is 4. The zero-order chi connectivity index (χ0) is 14.7. The number of hydrogen-bond acceptors (Lipinski definition) is 1. The maximum Gasteiger partial charge on any atom is 0.130 e. The Morgan fingerprint density at radius 3 is 2.25 bits per heavy atom. The van der Waals surface area contributed by atoms with Gasteiger partial charge in [-0.15, -0.1) is 0 Å². The molecule has 0 aliphatic rings. The summed E-state index contributed by atoms with van der Waals surface area (Å²) in [6.45, 7) is 3.79. The number of benzene rings is 2. The Bertz CT molecular complexity index is 601. The first kappa shape index (κ1) is 14.9. The van der Waals surface area contributed by atoms with Gasteiger partial charge in [-0.1, -0.05) is 35.9 Å². The first-order valence-corrected chi connectivity index (χ1v) is 6.82. The highest BCUT2D eigenvalue weighted by molar-refractivity contribution is 6.31. The molecule has 20 heavy (non-hydrogen) atoms. The van der Waals surface area contributed by atoms with Crippen molar-refractivity contribution in [1.29, 1.82) is 0 Å². The second kappa shape index (κ2) is 6.33. The summed E-state index contributed by atoms with van der Waals surface area (Å²) in [5.41, 5.74) is 1.38. The van der Waals surface area contributed by atoms with E-state index in [2.05, 4.69) is 5.32 Å². The lowest BCUT2D eigenvalue weighted by Gasteiger charge is -2.22. The highest BCUT2D eigenvalue weighted by atomic mass is 35.5. The number of nitrogens with one attached hydrogen (secondary N) is 1. The van der Waals surface area contributed by atoms with Gasteiger partial charge in [-0.05, 0) is 31.5 Å². The van der Waals surface area contributed by atoms with Crippen LogP contribution < -0.4 is 5.32 Å². The van der Waals surface area contributed by atoms with E-state index < -0.39 is 11.6 Å². The van der Waals surface area contributed by atoms with Gasteiger partial charge in [-0.2, -0.15) is 0 Å². The molecule has 0 spiro atoms. The molecule has 0 bridgehead atoms. The molecule has 0 heterocycles. The van der Waals surface area contributed by atoms with Crippen LogP contribution in [0, 0.1) is 11.6 Å². The van der Waals surface area contributed by atoms with E-state index in [4.69, 9.17) is 11.6 Å². The molecule has 1 N–H and O–H groups in total. The Labute approximate surface area is 122 Å². The first-order chi connectivity index (χ1) is 9.49. The summed E-state index contributed by atoms with van der Waals surface area (Å²) in [5, 5.41) is 3.93. The molecule has 2 rings (SSSR count). The minimum Gasteiger partial charge on any atom is -0.303 e. The summed E-state index contributed by atoms with van der Waals surface area (Å²) in [6.07, 6.45) is 0. The fourth-order valence-electron chi connectivity index (χ4n) is 2.23. The van der Waals surface area contributed by atoms with Crippen LogP contribution in [0.4, 0.5) is 8.78 Å². The van der Waals surface area contributed by atoms with Gasteiger partial charge in [-0.3, -0.25) is 0 Å². The third-order valence-electron chi connectivity index (χ3n) is 3.30. The van der Waals surface area contributed by atoms with Gasteiger partial charge in [0.25, 0.3) is 0 Å². The summed E-state index contributed by atoms with van der Waals surface area (Å²) in [7, 11) is 0. The van der Waals surface area contributed by atoms with Crippen LogP contribution in [0.3, 0.4) is 0 Å². The first-order valence-electron chi connectivity index (χ1n) is 6.44. The molecule has 0 amide bonds. The van der Waals surface area contributed by atoms with Crippen LogP contribution in [0.15, 0.2) is 42.5 Å². The predicted molar refractivity (Wildman–Crippen MR) is 77.8 cm³/mol. The quantitative estimate of drug-likeness (QED) is 0.834. The molecular formula is C16H16ClF2N. The monoisotopic (exact) mass is 295 g/mol. The fraction of sp³-hybridized carbons (Fsp3) is 0.250. The molecule has 1 nitrogen and oxygen atoms in total. The second-order valence-electron chi connectivity index (χ2n) is 4.80. The lowest BCUT2D eigenvalue weighted by Crippen LogP contribution is -2.23. The van der Waals surface area contributed by atoms with Crippen LogP contribution in [0.25, 0.3) is 0 Å². The van der Waals surface area contributed by atoms with E-state index in [0.29, 0.717) is 10.6 Å². The van der Waals surface area contributed by atoms with E-state index in [1.54, 1.807) is 0 Å². The molecular weight excluding hydrogens is 280 g/mol. The minimum atomic E-state index is -0.572. The van der Waals surface area contributed by atoms with Crippen LogP contribution in [0.1, 0.15) is 37.1 Å². The van der Waals surface area contributed by atoms with Gasteiger partial charge in [0.15, 0.2) is 0 Å². The van der Waals surface area contributed by atoms with Gasteiger partial charge >= 0.3 is 0 Å². The van der Waals surface area contributed by atoms with Crippen molar-refractivity contribution >= 4 is 11.6 Å². The predicted octanol–water partition coefficient (Wildman–Crippen LogP) is 5.03. The topological polar surface area (TPSA) is 12.0 Å². The third kappa shape index (κ3) is 3.35. The van der Waals surface area contributed by atoms with Crippen molar-refractivity contribution in [3.63, 3.8) is 0 Å². The normalized spacial score (nSPS) is 14.1. The van der Waals surface area contributed by atoms with Gasteiger partial charge in [0, 0.05) is 28.7 Å². The maximum atomic E-state index is 13.7. The highest BCUT2D eigenvalue weighted by Crippen LogP contribution is 2.26. The molecule has 0 aromatic heterocycles. The van der Waals surface area contributed by atoms with Crippen molar-refractivity contribution < 1.29 is 8.78 Å². The molecule has 106 valence electrons. The van der Waals surface area contributed by atoms with Crippen molar-refractivity contribution in [2.45, 2.75) is 25.9 Å². The van der Waals surface area contributed by atoms with Crippen molar-refractivity contribution in [2.24, 2.45) is 0 Å². The lowest BCUT2D eigenvalue weighted by atomic mass is 10.0. The zero-order valence-corrected chi connectivity index (χ0v) is 12.1. The molecule has 4 heteroatoms. The Hall–Kier alpha value is -1.45. The number of halogens is 3. The molecule has 1 unspecified atom stereocenters. The van der Waals surface area contributed by atoms with Crippen molar-refractivity contribution in [3.8, 4) is 0 Å². The smallest absolute Gasteiger partial charge is 0.130 e. The van der Waals surface area contributed by atoms with Gasteiger partial charge in [-0.25, -0.2) is 8.78 Å². The Morgan fingerprint density at radius 1 is 0.950 bits per heavy atom. The van der Waals surface area contributed by atoms with Crippen molar-refractivity contribution in [1.82, 2.24) is 5.32 Å². The SMILES string of the molecule is CC(N[C@H](C)c1ccccc1Cl)c1ccc(F)cc1F. The van der Waals surface area contributed by atoms with E-state index in [1.807, 2.05) is 38.1 Å². The van der Waals surface area contributed by atoms with Crippen LogP contribution in [0.5, 0.6) is 0 Å². The minimum absolute atomic E-state index is 0.0387. The molecule has 0 aliphatic heterocycles. The van der Waals surface area contributed by atoms with E-state index in [1.165, 1.54) is 12.1 Å². The molecule has 0 radical (unpaired) electrons.